The largest absolute Gasteiger partial charge is 0.354 e. The molecule has 1 saturated heterocycles. The van der Waals surface area contributed by atoms with Crippen LogP contribution in [0.3, 0.4) is 0 Å². The molecule has 1 heterocycles. The zero-order valence-corrected chi connectivity index (χ0v) is 15.5. The smallest absolute Gasteiger partial charge is 0.256 e. The first-order valence-corrected chi connectivity index (χ1v) is 8.84. The van der Waals surface area contributed by atoms with Gasteiger partial charge in [-0.25, -0.2) is 0 Å². The summed E-state index contributed by atoms with van der Waals surface area (Å²) in [5.74, 6) is -0.341. The number of hydrogen-bond acceptors (Lipinski definition) is 3. The molecule has 0 aromatic heterocycles. The summed E-state index contributed by atoms with van der Waals surface area (Å²) >= 11 is 12.1. The molecule has 1 aromatic carbocycles. The van der Waals surface area contributed by atoms with E-state index in [0.29, 0.717) is 35.1 Å². The van der Waals surface area contributed by atoms with Gasteiger partial charge in [0.25, 0.3) is 5.91 Å². The van der Waals surface area contributed by atoms with Gasteiger partial charge in [0.2, 0.25) is 5.91 Å². The van der Waals surface area contributed by atoms with Crippen molar-refractivity contribution in [3.8, 4) is 0 Å². The summed E-state index contributed by atoms with van der Waals surface area (Å²) in [6, 6.07) is 4.35. The van der Waals surface area contributed by atoms with Crippen LogP contribution in [-0.4, -0.2) is 61.4 Å². The standard InChI is InChI=1S/C17H23Cl2N3O2/c1-21(2)9-4-8-20-16(23)15-5-3-10-22(15)17(24)13-11-12(18)6-7-14(13)19/h6-7,11,15H,3-5,8-10H2,1-2H3,(H,20,23). The van der Waals surface area contributed by atoms with Crippen LogP contribution in [-0.2, 0) is 4.79 Å². The predicted molar refractivity (Wildman–Crippen MR) is 96.7 cm³/mol. The van der Waals surface area contributed by atoms with E-state index in [1.807, 2.05) is 14.1 Å². The first-order valence-electron chi connectivity index (χ1n) is 8.08. The third-order valence-corrected chi connectivity index (χ3v) is 4.62. The molecule has 24 heavy (non-hydrogen) atoms. The minimum absolute atomic E-state index is 0.0993. The maximum absolute atomic E-state index is 12.8. The molecule has 2 rings (SSSR count). The second-order valence-corrected chi connectivity index (χ2v) is 7.07. The Morgan fingerprint density at radius 3 is 2.79 bits per heavy atom. The maximum atomic E-state index is 12.8. The highest BCUT2D eigenvalue weighted by Crippen LogP contribution is 2.26. The number of benzene rings is 1. The number of carbonyl (C=O) groups excluding carboxylic acids is 2. The summed E-state index contributed by atoms with van der Waals surface area (Å²) < 4.78 is 0. The number of likely N-dealkylation sites (tertiary alicyclic amines) is 1. The molecule has 0 aliphatic carbocycles. The third-order valence-electron chi connectivity index (χ3n) is 4.06. The van der Waals surface area contributed by atoms with Gasteiger partial charge in [0.1, 0.15) is 6.04 Å². The van der Waals surface area contributed by atoms with Crippen molar-refractivity contribution < 1.29 is 9.59 Å². The van der Waals surface area contributed by atoms with Crippen LogP contribution in [0.1, 0.15) is 29.6 Å². The summed E-state index contributed by atoms with van der Waals surface area (Å²) in [5, 5.41) is 3.72. The molecule has 7 heteroatoms. The zero-order chi connectivity index (χ0) is 17.7. The predicted octanol–water partition coefficient (Wildman–Crippen LogP) is 2.67. The second-order valence-electron chi connectivity index (χ2n) is 6.23. The molecule has 5 nitrogen and oxygen atoms in total. The monoisotopic (exact) mass is 371 g/mol. The molecule has 132 valence electrons. The Bertz CT molecular complexity index is 607. The molecule has 1 fully saturated rings. The van der Waals surface area contributed by atoms with E-state index in [-0.39, 0.29) is 11.8 Å². The Balaban J connectivity index is 2.00. The van der Waals surface area contributed by atoms with Gasteiger partial charge in [-0.2, -0.15) is 0 Å². The van der Waals surface area contributed by atoms with Crippen molar-refractivity contribution in [2.75, 3.05) is 33.7 Å². The van der Waals surface area contributed by atoms with Gasteiger partial charge in [0, 0.05) is 18.1 Å². The van der Waals surface area contributed by atoms with Gasteiger partial charge < -0.3 is 15.1 Å². The van der Waals surface area contributed by atoms with Crippen LogP contribution in [0.5, 0.6) is 0 Å². The highest BCUT2D eigenvalue weighted by Gasteiger charge is 2.35. The van der Waals surface area contributed by atoms with Crippen molar-refractivity contribution in [1.82, 2.24) is 15.1 Å². The molecule has 0 spiro atoms. The van der Waals surface area contributed by atoms with E-state index >= 15 is 0 Å². The summed E-state index contributed by atoms with van der Waals surface area (Å²) in [5.41, 5.74) is 0.344. The normalized spacial score (nSPS) is 17.4. The Labute approximate surface area is 152 Å². The molecule has 1 aromatic rings. The quantitative estimate of drug-likeness (QED) is 0.782. The number of rotatable bonds is 6. The molecule has 0 radical (unpaired) electrons. The highest BCUT2D eigenvalue weighted by atomic mass is 35.5. The molecule has 2 amide bonds. The van der Waals surface area contributed by atoms with Gasteiger partial charge in [-0.15, -0.1) is 0 Å². The van der Waals surface area contributed by atoms with E-state index < -0.39 is 6.04 Å². The number of nitrogens with zero attached hydrogens (tertiary/aromatic N) is 2. The lowest BCUT2D eigenvalue weighted by Crippen LogP contribution is -2.46. The number of amides is 2. The van der Waals surface area contributed by atoms with Crippen molar-refractivity contribution in [3.63, 3.8) is 0 Å². The molecule has 1 unspecified atom stereocenters. The van der Waals surface area contributed by atoms with Crippen molar-refractivity contribution in [1.29, 1.82) is 0 Å². The van der Waals surface area contributed by atoms with E-state index in [1.54, 1.807) is 23.1 Å². The van der Waals surface area contributed by atoms with E-state index in [1.165, 1.54) is 0 Å². The van der Waals surface area contributed by atoms with Gasteiger partial charge in [-0.05, 0) is 58.1 Å². The van der Waals surface area contributed by atoms with Crippen LogP contribution < -0.4 is 5.32 Å². The van der Waals surface area contributed by atoms with Crippen LogP contribution in [0.2, 0.25) is 10.0 Å². The molecule has 0 bridgehead atoms. The molecular weight excluding hydrogens is 349 g/mol. The second kappa shape index (κ2) is 8.70. The average molecular weight is 372 g/mol. The number of halogens is 2. The average Bonchev–Trinajstić information content (AvgIpc) is 3.02. The summed E-state index contributed by atoms with van der Waals surface area (Å²) in [6.45, 7) is 2.07. The number of carbonyl (C=O) groups is 2. The topological polar surface area (TPSA) is 52.7 Å². The van der Waals surface area contributed by atoms with Crippen LogP contribution >= 0.6 is 23.2 Å². The molecule has 1 aliphatic rings. The molecule has 1 aliphatic heterocycles. The van der Waals surface area contributed by atoms with Crippen molar-refractivity contribution in [3.05, 3.63) is 33.8 Å². The first kappa shape index (κ1) is 19.0. The maximum Gasteiger partial charge on any atom is 0.256 e. The van der Waals surface area contributed by atoms with Crippen LogP contribution in [0.25, 0.3) is 0 Å². The van der Waals surface area contributed by atoms with Gasteiger partial charge in [-0.1, -0.05) is 23.2 Å². The number of nitrogens with one attached hydrogen (secondary N) is 1. The van der Waals surface area contributed by atoms with E-state index in [0.717, 1.165) is 19.4 Å². The Morgan fingerprint density at radius 1 is 1.33 bits per heavy atom. The fourth-order valence-corrected chi connectivity index (χ4v) is 3.19. The number of hydrogen-bond donors (Lipinski definition) is 1. The summed E-state index contributed by atoms with van der Waals surface area (Å²) in [4.78, 5) is 28.8. The lowest BCUT2D eigenvalue weighted by atomic mass is 10.1. The van der Waals surface area contributed by atoms with E-state index in [2.05, 4.69) is 10.2 Å². The Kier molecular flexibility index (Phi) is 6.90. The van der Waals surface area contributed by atoms with Crippen LogP contribution in [0, 0.1) is 0 Å². The van der Waals surface area contributed by atoms with Gasteiger partial charge in [-0.3, -0.25) is 9.59 Å². The van der Waals surface area contributed by atoms with E-state index in [9.17, 15) is 9.59 Å². The SMILES string of the molecule is CN(C)CCCNC(=O)C1CCCN1C(=O)c1cc(Cl)ccc1Cl. The zero-order valence-electron chi connectivity index (χ0n) is 14.0. The minimum atomic E-state index is -0.438. The van der Waals surface area contributed by atoms with Gasteiger partial charge in [0.15, 0.2) is 0 Å². The highest BCUT2D eigenvalue weighted by molar-refractivity contribution is 6.35. The summed E-state index contributed by atoms with van der Waals surface area (Å²) in [6.07, 6.45) is 2.35. The molecule has 0 saturated carbocycles. The lowest BCUT2D eigenvalue weighted by Gasteiger charge is -2.24. The first-order chi connectivity index (χ1) is 11.4. The van der Waals surface area contributed by atoms with Crippen LogP contribution in [0.4, 0.5) is 0 Å². The fraction of sp³-hybridized carbons (Fsp3) is 0.529. The molecular formula is C17H23Cl2N3O2. The van der Waals surface area contributed by atoms with Crippen LogP contribution in [0.15, 0.2) is 18.2 Å². The van der Waals surface area contributed by atoms with Gasteiger partial charge in [0.05, 0.1) is 10.6 Å². The molecule has 1 atom stereocenters. The lowest BCUT2D eigenvalue weighted by molar-refractivity contribution is -0.124. The Morgan fingerprint density at radius 2 is 2.08 bits per heavy atom. The Hall–Kier alpha value is -1.30. The molecule has 1 N–H and O–H groups in total. The van der Waals surface area contributed by atoms with Crippen molar-refractivity contribution in [2.24, 2.45) is 0 Å². The summed E-state index contributed by atoms with van der Waals surface area (Å²) in [7, 11) is 3.99. The minimum Gasteiger partial charge on any atom is -0.354 e. The van der Waals surface area contributed by atoms with Crippen molar-refractivity contribution >= 4 is 35.0 Å². The fourth-order valence-electron chi connectivity index (χ4n) is 2.82. The third kappa shape index (κ3) is 4.85. The van der Waals surface area contributed by atoms with E-state index in [4.69, 9.17) is 23.2 Å². The van der Waals surface area contributed by atoms with Gasteiger partial charge >= 0.3 is 0 Å². The van der Waals surface area contributed by atoms with Crippen molar-refractivity contribution in [2.45, 2.75) is 25.3 Å².